The van der Waals surface area contributed by atoms with Crippen LogP contribution in [0.25, 0.3) is 10.9 Å². The molecule has 0 saturated carbocycles. The number of primary amides is 1. The van der Waals surface area contributed by atoms with E-state index >= 15 is 0 Å². The number of carbonyl (C=O) groups excluding carboxylic acids is 1. The van der Waals surface area contributed by atoms with Crippen molar-refractivity contribution in [2.75, 3.05) is 19.6 Å². The zero-order valence-corrected chi connectivity index (χ0v) is 19.8. The number of benzene rings is 2. The molecule has 3 aromatic rings. The Morgan fingerprint density at radius 3 is 2.56 bits per heavy atom. The van der Waals surface area contributed by atoms with Gasteiger partial charge in [-0.15, -0.1) is 0 Å². The van der Waals surface area contributed by atoms with Crippen molar-refractivity contribution in [3.63, 3.8) is 0 Å². The average molecular weight is 463 g/mol. The van der Waals surface area contributed by atoms with Gasteiger partial charge >= 0.3 is 0 Å². The molecule has 3 N–H and O–H groups in total. The Morgan fingerprint density at radius 1 is 1.06 bits per heavy atom. The van der Waals surface area contributed by atoms with Crippen molar-refractivity contribution in [2.45, 2.75) is 51.9 Å². The van der Waals surface area contributed by atoms with Crippen LogP contribution in [0.1, 0.15) is 37.3 Å². The predicted octanol–water partition coefficient (Wildman–Crippen LogP) is 3.03. The van der Waals surface area contributed by atoms with Gasteiger partial charge in [-0.05, 0) is 62.0 Å². The lowest BCUT2D eigenvalue weighted by Gasteiger charge is -2.27. The molecule has 1 atom stereocenters. The Morgan fingerprint density at radius 2 is 1.82 bits per heavy atom. The quantitative estimate of drug-likeness (QED) is 0.483. The highest BCUT2D eigenvalue weighted by Gasteiger charge is 2.15. The number of nitrogens with two attached hydrogens (primary N) is 1. The smallest absolute Gasteiger partial charge is 0.255 e. The van der Waals surface area contributed by atoms with Crippen molar-refractivity contribution in [3.05, 3.63) is 76.1 Å². The van der Waals surface area contributed by atoms with Gasteiger partial charge in [-0.25, -0.2) is 0 Å². The van der Waals surface area contributed by atoms with Gasteiger partial charge in [-0.3, -0.25) is 9.59 Å². The monoisotopic (exact) mass is 462 g/mol. The Hall–Kier alpha value is -3.16. The molecule has 180 valence electrons. The number of piperidine rings is 1. The summed E-state index contributed by atoms with van der Waals surface area (Å²) in [6.07, 6.45) is 3.70. The maximum absolute atomic E-state index is 13.5. The molecule has 0 radical (unpaired) electrons. The Bertz CT molecular complexity index is 1170. The molecule has 1 amide bonds. The maximum Gasteiger partial charge on any atom is 0.255 e. The first-order valence-electron chi connectivity index (χ1n) is 12.1. The van der Waals surface area contributed by atoms with E-state index in [9.17, 15) is 9.59 Å². The van der Waals surface area contributed by atoms with E-state index < -0.39 is 11.9 Å². The second kappa shape index (κ2) is 11.3. The number of likely N-dealkylation sites (tertiary alicyclic amines) is 1. The second-order valence-electron chi connectivity index (χ2n) is 9.03. The lowest BCUT2D eigenvalue weighted by atomic mass is 10.1. The summed E-state index contributed by atoms with van der Waals surface area (Å²) in [4.78, 5) is 27.3. The summed E-state index contributed by atoms with van der Waals surface area (Å²) in [7, 11) is 0. The molecule has 34 heavy (non-hydrogen) atoms. The molecule has 1 aromatic heterocycles. The van der Waals surface area contributed by atoms with E-state index in [1.54, 1.807) is 6.92 Å². The van der Waals surface area contributed by atoms with E-state index in [0.29, 0.717) is 18.7 Å². The first-order valence-corrected chi connectivity index (χ1v) is 12.1. The number of pyridine rings is 1. The molecule has 1 aliphatic heterocycles. The molecule has 2 aromatic carbocycles. The van der Waals surface area contributed by atoms with Crippen LogP contribution in [0.5, 0.6) is 5.75 Å². The topological polar surface area (TPSA) is 89.6 Å². The molecule has 1 fully saturated rings. The summed E-state index contributed by atoms with van der Waals surface area (Å²) in [6, 6.07) is 17.3. The van der Waals surface area contributed by atoms with E-state index in [1.807, 2.05) is 59.2 Å². The Labute approximate surface area is 200 Å². The summed E-state index contributed by atoms with van der Waals surface area (Å²) in [5, 5.41) is 4.03. The summed E-state index contributed by atoms with van der Waals surface area (Å²) in [5.41, 5.74) is 7.90. The molecule has 0 spiro atoms. The van der Waals surface area contributed by atoms with Gasteiger partial charge in [0.25, 0.3) is 5.56 Å². The minimum Gasteiger partial charge on any atom is -0.489 e. The molecule has 4 rings (SSSR count). The fraction of sp³-hybridized carbons (Fsp3) is 0.407. The van der Waals surface area contributed by atoms with Crippen molar-refractivity contribution in [1.29, 1.82) is 0 Å². The molecule has 0 unspecified atom stereocenters. The zero-order chi connectivity index (χ0) is 23.9. The minimum absolute atomic E-state index is 0.0473. The molecule has 7 nitrogen and oxygen atoms in total. The summed E-state index contributed by atoms with van der Waals surface area (Å²) < 4.78 is 7.89. The average Bonchev–Trinajstić information content (AvgIpc) is 2.86. The van der Waals surface area contributed by atoms with Crippen LogP contribution in [0, 0.1) is 0 Å². The molecular formula is C27H34N4O3. The summed E-state index contributed by atoms with van der Waals surface area (Å²) in [6.45, 7) is 6.06. The third kappa shape index (κ3) is 6.04. The second-order valence-corrected chi connectivity index (χ2v) is 9.03. The van der Waals surface area contributed by atoms with Crippen LogP contribution >= 0.6 is 0 Å². The van der Waals surface area contributed by atoms with Crippen LogP contribution in [-0.4, -0.2) is 41.1 Å². The number of ether oxygens (including phenoxy) is 1. The SMILES string of the molecule is C[C@H](NCc1cc2ccc(OCc3ccccc3)cc2n(CCN2CCCCC2)c1=O)C(N)=O. The predicted molar refractivity (Wildman–Crippen MR) is 135 cm³/mol. The van der Waals surface area contributed by atoms with Crippen LogP contribution in [0.15, 0.2) is 59.4 Å². The first kappa shape index (κ1) is 24.0. The van der Waals surface area contributed by atoms with Crippen molar-refractivity contribution in [2.24, 2.45) is 5.73 Å². The maximum atomic E-state index is 13.5. The number of nitrogens with one attached hydrogen (secondary N) is 1. The minimum atomic E-state index is -0.509. The fourth-order valence-electron chi connectivity index (χ4n) is 4.38. The van der Waals surface area contributed by atoms with Gasteiger partial charge < -0.3 is 25.3 Å². The third-order valence-electron chi connectivity index (χ3n) is 6.50. The van der Waals surface area contributed by atoms with Crippen LogP contribution in [0.3, 0.4) is 0 Å². The summed E-state index contributed by atoms with van der Waals surface area (Å²) >= 11 is 0. The van der Waals surface area contributed by atoms with Crippen molar-refractivity contribution in [3.8, 4) is 5.75 Å². The number of carbonyl (C=O) groups is 1. The zero-order valence-electron chi connectivity index (χ0n) is 19.8. The number of amides is 1. The largest absolute Gasteiger partial charge is 0.489 e. The molecule has 1 aliphatic rings. The van der Waals surface area contributed by atoms with E-state index in [0.717, 1.165) is 41.9 Å². The Balaban J connectivity index is 1.61. The highest BCUT2D eigenvalue weighted by molar-refractivity contribution is 5.81. The third-order valence-corrected chi connectivity index (χ3v) is 6.50. The molecule has 2 heterocycles. The van der Waals surface area contributed by atoms with Gasteiger partial charge in [0.05, 0.1) is 11.6 Å². The molecular weight excluding hydrogens is 428 g/mol. The van der Waals surface area contributed by atoms with Gasteiger partial charge in [0.2, 0.25) is 5.91 Å². The fourth-order valence-corrected chi connectivity index (χ4v) is 4.38. The molecule has 7 heteroatoms. The number of hydrogen-bond donors (Lipinski definition) is 2. The van der Waals surface area contributed by atoms with Crippen molar-refractivity contribution < 1.29 is 9.53 Å². The van der Waals surface area contributed by atoms with E-state index in [-0.39, 0.29) is 12.1 Å². The van der Waals surface area contributed by atoms with Crippen LogP contribution in [-0.2, 0) is 24.5 Å². The number of nitrogens with zero attached hydrogens (tertiary/aromatic N) is 2. The molecule has 0 bridgehead atoms. The number of rotatable bonds is 10. The van der Waals surface area contributed by atoms with Gasteiger partial charge in [-0.1, -0.05) is 36.8 Å². The number of aromatic nitrogens is 1. The first-order chi connectivity index (χ1) is 16.5. The van der Waals surface area contributed by atoms with E-state index in [1.165, 1.54) is 19.3 Å². The van der Waals surface area contributed by atoms with E-state index in [4.69, 9.17) is 10.5 Å². The van der Waals surface area contributed by atoms with Crippen LogP contribution in [0.2, 0.25) is 0 Å². The molecule has 1 saturated heterocycles. The van der Waals surface area contributed by atoms with Gasteiger partial charge in [-0.2, -0.15) is 0 Å². The van der Waals surface area contributed by atoms with Crippen LogP contribution in [0.4, 0.5) is 0 Å². The van der Waals surface area contributed by atoms with Crippen molar-refractivity contribution in [1.82, 2.24) is 14.8 Å². The molecule has 0 aliphatic carbocycles. The van der Waals surface area contributed by atoms with Gasteiger partial charge in [0.1, 0.15) is 12.4 Å². The standard InChI is InChI=1S/C27H34N4O3/c1-20(26(28)32)29-18-23-16-22-10-11-24(34-19-21-8-4-2-5-9-21)17-25(22)31(27(23)33)15-14-30-12-6-3-7-13-30/h2,4-5,8-11,16-17,20,29H,3,6-7,12-15,18-19H2,1H3,(H2,28,32)/t20-/m0/s1. The lowest BCUT2D eigenvalue weighted by Crippen LogP contribution is -2.40. The summed E-state index contributed by atoms with van der Waals surface area (Å²) in [5.74, 6) is 0.294. The van der Waals surface area contributed by atoms with E-state index in [2.05, 4.69) is 10.2 Å². The highest BCUT2D eigenvalue weighted by atomic mass is 16.5. The van der Waals surface area contributed by atoms with Gasteiger partial charge in [0.15, 0.2) is 0 Å². The van der Waals surface area contributed by atoms with Crippen molar-refractivity contribution >= 4 is 16.8 Å². The number of fused-ring (bicyclic) bond motifs is 1. The highest BCUT2D eigenvalue weighted by Crippen LogP contribution is 2.22. The Kier molecular flexibility index (Phi) is 7.98. The van der Waals surface area contributed by atoms with Crippen LogP contribution < -0.4 is 21.3 Å². The normalized spacial score (nSPS) is 15.3. The lowest BCUT2D eigenvalue weighted by molar-refractivity contribution is -0.119. The number of hydrogen-bond acceptors (Lipinski definition) is 5. The van der Waals surface area contributed by atoms with Gasteiger partial charge in [0, 0.05) is 31.3 Å².